The van der Waals surface area contributed by atoms with Crippen LogP contribution < -0.4 is 5.73 Å². The van der Waals surface area contributed by atoms with E-state index in [2.05, 4.69) is 10.1 Å². The number of allylic oxidation sites excluding steroid dienone is 2. The summed E-state index contributed by atoms with van der Waals surface area (Å²) in [5.74, 6) is -0.0687. The zero-order chi connectivity index (χ0) is 15.1. The number of aliphatic imine (C=N–C) groups is 1. The Morgan fingerprint density at radius 2 is 2.24 bits per heavy atom. The van der Waals surface area contributed by atoms with E-state index in [1.54, 1.807) is 12.2 Å². The largest absolute Gasteiger partial charge is 0.394 e. The third-order valence-electron chi connectivity index (χ3n) is 3.56. The summed E-state index contributed by atoms with van der Waals surface area (Å²) >= 11 is 0. The highest BCUT2D eigenvalue weighted by Gasteiger charge is 2.47. The van der Waals surface area contributed by atoms with Crippen LogP contribution in [0.2, 0.25) is 0 Å². The Balaban J connectivity index is 1.90. The van der Waals surface area contributed by atoms with Gasteiger partial charge < -0.3 is 20.7 Å². The Hall–Kier alpha value is -1.84. The van der Waals surface area contributed by atoms with Crippen LogP contribution in [0.1, 0.15) is 6.42 Å². The van der Waals surface area contributed by atoms with Crippen molar-refractivity contribution in [2.24, 2.45) is 15.8 Å². The van der Waals surface area contributed by atoms with Gasteiger partial charge in [-0.2, -0.15) is 9.38 Å². The van der Waals surface area contributed by atoms with Crippen LogP contribution in [0.3, 0.4) is 0 Å². The molecule has 1 fully saturated rings. The molecule has 0 radical (unpaired) electrons. The number of aliphatic hydroxyl groups excluding tert-OH is 2. The molecule has 0 unspecified atom stereocenters. The summed E-state index contributed by atoms with van der Waals surface area (Å²) in [5.41, 5.74) is 6.19. The minimum Gasteiger partial charge on any atom is -0.394 e. The number of fused-ring (bicyclic) bond motifs is 1. The highest BCUT2D eigenvalue weighted by Crippen LogP contribution is 2.35. The molecular weight excluding hydrogens is 286 g/mol. The van der Waals surface area contributed by atoms with Crippen LogP contribution >= 0.6 is 0 Å². The summed E-state index contributed by atoms with van der Waals surface area (Å²) in [7, 11) is 0. The van der Waals surface area contributed by atoms with Crippen LogP contribution in [0.25, 0.3) is 0 Å². The topological polar surface area (TPSA) is 104 Å². The fourth-order valence-electron chi connectivity index (χ4n) is 2.54. The van der Waals surface area contributed by atoms with Crippen molar-refractivity contribution in [3.63, 3.8) is 0 Å². The number of rotatable bonds is 2. The van der Waals surface area contributed by atoms with E-state index in [1.165, 1.54) is 0 Å². The maximum atomic E-state index is 14.2. The molecule has 0 aromatic heterocycles. The maximum absolute atomic E-state index is 14.2. The summed E-state index contributed by atoms with van der Waals surface area (Å²) in [6.45, 7) is -0.519. The minimum absolute atomic E-state index is 0.0687. The number of nitrogens with zero attached hydrogens (tertiary/aromatic N) is 3. The van der Waals surface area contributed by atoms with Gasteiger partial charge in [0.25, 0.3) is 0 Å². The van der Waals surface area contributed by atoms with Gasteiger partial charge in [0.15, 0.2) is 12.0 Å². The lowest BCUT2D eigenvalue weighted by Crippen LogP contribution is -2.39. The van der Waals surface area contributed by atoms with Gasteiger partial charge in [-0.05, 0) is 6.42 Å². The molecule has 114 valence electrons. The van der Waals surface area contributed by atoms with Crippen LogP contribution in [0.5, 0.6) is 0 Å². The zero-order valence-electron chi connectivity index (χ0n) is 10.9. The fourth-order valence-corrected chi connectivity index (χ4v) is 2.54. The number of amidine groups is 2. The number of nitrogens with two attached hydrogens (primary N) is 1. The van der Waals surface area contributed by atoms with Crippen molar-refractivity contribution in [3.05, 3.63) is 23.5 Å². The predicted octanol–water partition coefficient (Wildman–Crippen LogP) is -0.470. The molecule has 0 bridgehead atoms. The minimum atomic E-state index is -1.76. The third-order valence-corrected chi connectivity index (χ3v) is 3.56. The molecule has 9 heteroatoms. The molecule has 1 saturated heterocycles. The second-order valence-corrected chi connectivity index (χ2v) is 4.84. The molecule has 7 nitrogen and oxygen atoms in total. The van der Waals surface area contributed by atoms with Crippen LogP contribution in [-0.2, 0) is 4.74 Å². The van der Waals surface area contributed by atoms with Crippen molar-refractivity contribution >= 4 is 11.9 Å². The van der Waals surface area contributed by atoms with E-state index >= 15 is 0 Å². The van der Waals surface area contributed by atoms with Crippen molar-refractivity contribution in [3.8, 4) is 0 Å². The number of alkyl halides is 1. The molecule has 3 heterocycles. The average molecular weight is 300 g/mol. The summed E-state index contributed by atoms with van der Waals surface area (Å²) < 4.78 is 32.8. The Labute approximate surface area is 118 Å². The molecule has 0 spiro atoms. The van der Waals surface area contributed by atoms with E-state index < -0.39 is 37.2 Å². The lowest BCUT2D eigenvalue weighted by Gasteiger charge is -2.32. The van der Waals surface area contributed by atoms with E-state index in [0.29, 0.717) is 12.1 Å². The second kappa shape index (κ2) is 5.17. The lowest BCUT2D eigenvalue weighted by atomic mass is 10.0. The first-order valence-electron chi connectivity index (χ1n) is 6.40. The maximum Gasteiger partial charge on any atom is 0.327 e. The Kier molecular flexibility index (Phi) is 3.47. The lowest BCUT2D eigenvalue weighted by molar-refractivity contribution is -0.0178. The van der Waals surface area contributed by atoms with Gasteiger partial charge in [0.05, 0.1) is 12.3 Å². The standard InChI is InChI=1S/C12H14F2N4O3/c13-8-9(20)7(4-19)21-10(8)5-2-1-3-6-11(15)16-12(14)17-18(5)6/h2-3,7-10,19-20H,1,4H2,(H2,15,16,17)/t7-,8-,9-,10+/m1/s1. The number of aliphatic hydroxyl groups is 2. The zero-order valence-corrected chi connectivity index (χ0v) is 10.9. The summed E-state index contributed by atoms with van der Waals surface area (Å²) in [6.07, 6.45) is -2.78. The Morgan fingerprint density at radius 3 is 2.90 bits per heavy atom. The molecular formula is C12H14F2N4O3. The molecule has 3 rings (SSSR count). The quantitative estimate of drug-likeness (QED) is 0.598. The normalized spacial score (nSPS) is 35.7. The fraction of sp³-hybridized carbons (Fsp3) is 0.500. The number of ether oxygens (including phenoxy) is 1. The molecule has 4 atom stereocenters. The van der Waals surface area contributed by atoms with Gasteiger partial charge in [-0.3, -0.25) is 0 Å². The molecule has 0 aromatic rings. The van der Waals surface area contributed by atoms with E-state index in [-0.39, 0.29) is 11.5 Å². The number of hydrogen-bond acceptors (Lipinski definition) is 7. The molecule has 0 saturated carbocycles. The monoisotopic (exact) mass is 300 g/mol. The van der Waals surface area contributed by atoms with Crippen molar-refractivity contribution < 1.29 is 23.7 Å². The van der Waals surface area contributed by atoms with Crippen LogP contribution in [0.15, 0.2) is 33.6 Å². The van der Waals surface area contributed by atoms with Crippen LogP contribution in [-0.4, -0.2) is 58.2 Å². The molecule has 3 aliphatic rings. The van der Waals surface area contributed by atoms with E-state index in [1.807, 2.05) is 0 Å². The van der Waals surface area contributed by atoms with Crippen molar-refractivity contribution in [2.75, 3.05) is 6.61 Å². The van der Waals surface area contributed by atoms with E-state index in [4.69, 9.17) is 15.6 Å². The van der Waals surface area contributed by atoms with Gasteiger partial charge in [-0.15, -0.1) is 5.10 Å². The van der Waals surface area contributed by atoms with Gasteiger partial charge in [-0.25, -0.2) is 9.40 Å². The van der Waals surface area contributed by atoms with Crippen LogP contribution in [0.4, 0.5) is 8.78 Å². The first kappa shape index (κ1) is 14.1. The molecule has 0 aromatic carbocycles. The van der Waals surface area contributed by atoms with Gasteiger partial charge >= 0.3 is 6.09 Å². The van der Waals surface area contributed by atoms with Crippen molar-refractivity contribution in [1.29, 1.82) is 0 Å². The highest BCUT2D eigenvalue weighted by atomic mass is 19.1. The number of halogens is 2. The second-order valence-electron chi connectivity index (χ2n) is 4.84. The van der Waals surface area contributed by atoms with Crippen LogP contribution in [0, 0.1) is 0 Å². The molecule has 4 N–H and O–H groups in total. The predicted molar refractivity (Wildman–Crippen MR) is 69.4 cm³/mol. The van der Waals surface area contributed by atoms with E-state index in [9.17, 15) is 13.9 Å². The third kappa shape index (κ3) is 2.23. The SMILES string of the molecule is NC1=NC(F)=NN2C1=CCC=C2[C@@H]1O[C@H](CO)[C@@H](O)[C@H]1F. The molecule has 0 amide bonds. The summed E-state index contributed by atoms with van der Waals surface area (Å²) in [6, 6.07) is 0. The number of hydrazone groups is 1. The van der Waals surface area contributed by atoms with Gasteiger partial charge in [0.2, 0.25) is 0 Å². The molecule has 21 heavy (non-hydrogen) atoms. The first-order chi connectivity index (χ1) is 10.0. The van der Waals surface area contributed by atoms with Crippen molar-refractivity contribution in [1.82, 2.24) is 5.01 Å². The Bertz CT molecular complexity index is 575. The summed E-state index contributed by atoms with van der Waals surface area (Å²) in [5, 5.41) is 23.4. The smallest absolute Gasteiger partial charge is 0.327 e. The summed E-state index contributed by atoms with van der Waals surface area (Å²) in [4.78, 5) is 3.41. The van der Waals surface area contributed by atoms with E-state index in [0.717, 1.165) is 5.01 Å². The van der Waals surface area contributed by atoms with Gasteiger partial charge in [-0.1, -0.05) is 12.2 Å². The average Bonchev–Trinajstić information content (AvgIpc) is 2.74. The Morgan fingerprint density at radius 1 is 1.48 bits per heavy atom. The van der Waals surface area contributed by atoms with Gasteiger partial charge in [0.1, 0.15) is 24.0 Å². The van der Waals surface area contributed by atoms with Crippen molar-refractivity contribution in [2.45, 2.75) is 30.9 Å². The first-order valence-corrected chi connectivity index (χ1v) is 6.40. The highest BCUT2D eigenvalue weighted by molar-refractivity contribution is 6.04. The molecule has 3 aliphatic heterocycles. The number of hydrogen-bond donors (Lipinski definition) is 3. The molecule has 0 aliphatic carbocycles. The van der Waals surface area contributed by atoms with Gasteiger partial charge in [0, 0.05) is 0 Å².